The number of Topliss-reactive ketones (excluding diaryl/α,β-unsaturated/α-hetero) is 2. The number of piperidine rings is 2. The third-order valence-corrected chi connectivity index (χ3v) is 12.0. The van der Waals surface area contributed by atoms with Crippen LogP contribution in [0.5, 0.6) is 0 Å². The third-order valence-electron chi connectivity index (χ3n) is 12.0. The van der Waals surface area contributed by atoms with Crippen molar-refractivity contribution in [1.82, 2.24) is 19.8 Å². The first-order valence-electron chi connectivity index (χ1n) is 17.3. The molecular formula is C39H46BN7NaO3. The van der Waals surface area contributed by atoms with Crippen molar-refractivity contribution < 1.29 is 45.4 Å². The molecule has 8 rings (SSSR count). The number of allylic oxidation sites excluding steroid dienone is 2. The topological polar surface area (TPSA) is 157 Å². The number of pyridine rings is 2. The van der Waals surface area contributed by atoms with E-state index >= 15 is 0 Å². The van der Waals surface area contributed by atoms with Crippen LogP contribution in [0.3, 0.4) is 0 Å². The molecule has 4 heterocycles. The second-order valence-electron chi connectivity index (χ2n) is 14.5. The summed E-state index contributed by atoms with van der Waals surface area (Å²) in [5.41, 5.74) is 13.5. The second kappa shape index (κ2) is 16.4. The summed E-state index contributed by atoms with van der Waals surface area (Å²) in [6, 6.07) is 7.95. The molecule has 12 heteroatoms. The van der Waals surface area contributed by atoms with Crippen LogP contribution in [0.2, 0.25) is 0 Å². The van der Waals surface area contributed by atoms with E-state index in [9.17, 15) is 24.9 Å². The number of carbonyl (C=O) groups excluding carboxylic acids is 3. The Morgan fingerprint density at radius 2 is 1.20 bits per heavy atom. The van der Waals surface area contributed by atoms with E-state index in [-0.39, 0.29) is 76.8 Å². The van der Waals surface area contributed by atoms with E-state index in [0.29, 0.717) is 40.6 Å². The Morgan fingerprint density at radius 1 is 0.765 bits per heavy atom. The normalized spacial score (nSPS) is 20.8. The zero-order valence-electron chi connectivity index (χ0n) is 30.0. The molecule has 10 nitrogen and oxygen atoms in total. The number of nitriles is 2. The van der Waals surface area contributed by atoms with Crippen LogP contribution in [0, 0.1) is 33.5 Å². The predicted octanol–water partition coefficient (Wildman–Crippen LogP) is 2.06. The van der Waals surface area contributed by atoms with Gasteiger partial charge in [0.2, 0.25) is 0 Å². The van der Waals surface area contributed by atoms with Gasteiger partial charge in [0, 0.05) is 77.5 Å². The fourth-order valence-electron chi connectivity index (χ4n) is 8.63. The molecule has 6 aliphatic rings. The SMILES string of the molecule is C.N#CC1=C(N2CCC3(CCC3)CC2)c2cc(C=O)ncc2CC1=O.N#CC1=C(N2CCC3(CCC3)CC2)c2cc(CN)ncc2CC1=O.[B].[H-].[Na+]. The Bertz CT molecular complexity index is 1840. The number of hydrogen-bond acceptors (Lipinski definition) is 10. The number of likely N-dealkylation sites (tertiary alicyclic amines) is 2. The molecular weight excluding hydrogens is 648 g/mol. The maximum absolute atomic E-state index is 12.4. The smallest absolute Gasteiger partial charge is 1.00 e. The summed E-state index contributed by atoms with van der Waals surface area (Å²) < 4.78 is 0. The van der Waals surface area contributed by atoms with Gasteiger partial charge in [-0.15, -0.1) is 0 Å². The first kappa shape index (κ1) is 40.2. The number of rotatable bonds is 4. The maximum atomic E-state index is 12.4. The van der Waals surface area contributed by atoms with Gasteiger partial charge in [-0.05, 0) is 85.5 Å². The fourth-order valence-corrected chi connectivity index (χ4v) is 8.63. The summed E-state index contributed by atoms with van der Waals surface area (Å²) >= 11 is 0. The molecule has 259 valence electrons. The molecule has 4 fully saturated rings. The van der Waals surface area contributed by atoms with Gasteiger partial charge in [0.1, 0.15) is 29.0 Å². The van der Waals surface area contributed by atoms with Gasteiger partial charge in [-0.3, -0.25) is 24.4 Å². The van der Waals surface area contributed by atoms with Crippen molar-refractivity contribution in [3.8, 4) is 12.1 Å². The van der Waals surface area contributed by atoms with Crippen molar-refractivity contribution in [3.05, 3.63) is 69.3 Å². The minimum Gasteiger partial charge on any atom is -1.00 e. The van der Waals surface area contributed by atoms with E-state index in [4.69, 9.17) is 5.73 Å². The van der Waals surface area contributed by atoms with Crippen molar-refractivity contribution in [2.24, 2.45) is 16.6 Å². The van der Waals surface area contributed by atoms with Crippen LogP contribution in [0.15, 0.2) is 35.7 Å². The van der Waals surface area contributed by atoms with E-state index in [2.05, 4.69) is 31.9 Å². The molecule has 2 saturated heterocycles. The van der Waals surface area contributed by atoms with Gasteiger partial charge in [0.25, 0.3) is 0 Å². The minimum absolute atomic E-state index is 0. The molecule has 3 radical (unpaired) electrons. The Labute approximate surface area is 326 Å². The molecule has 0 bridgehead atoms. The fraction of sp³-hybridized carbons (Fsp3) is 0.513. The third kappa shape index (κ3) is 7.50. The number of nitrogens with two attached hydrogens (primary N) is 1. The van der Waals surface area contributed by atoms with Crippen molar-refractivity contribution >= 4 is 37.7 Å². The summed E-state index contributed by atoms with van der Waals surface area (Å²) in [5, 5.41) is 19.1. The molecule has 2 spiro atoms. The van der Waals surface area contributed by atoms with Crippen molar-refractivity contribution in [3.63, 3.8) is 0 Å². The van der Waals surface area contributed by atoms with Gasteiger partial charge < -0.3 is 17.0 Å². The van der Waals surface area contributed by atoms with Gasteiger partial charge in [-0.2, -0.15) is 10.5 Å². The van der Waals surface area contributed by atoms with E-state index in [1.54, 1.807) is 18.5 Å². The Morgan fingerprint density at radius 3 is 1.57 bits per heavy atom. The predicted molar refractivity (Wildman–Crippen MR) is 192 cm³/mol. The van der Waals surface area contributed by atoms with E-state index in [1.807, 2.05) is 6.07 Å². The van der Waals surface area contributed by atoms with Crippen molar-refractivity contribution in [1.29, 1.82) is 10.5 Å². The largest absolute Gasteiger partial charge is 1.00 e. The second-order valence-corrected chi connectivity index (χ2v) is 14.5. The van der Waals surface area contributed by atoms with Crippen LogP contribution >= 0.6 is 0 Å². The van der Waals surface area contributed by atoms with Crippen molar-refractivity contribution in [2.45, 2.75) is 91.0 Å². The molecule has 0 atom stereocenters. The molecule has 4 aliphatic carbocycles. The van der Waals surface area contributed by atoms with E-state index in [1.165, 1.54) is 38.5 Å². The number of nitrogens with zero attached hydrogens (tertiary/aromatic N) is 6. The number of aldehydes is 1. The van der Waals surface area contributed by atoms with Crippen LogP contribution in [0.1, 0.15) is 111 Å². The number of aromatic nitrogens is 2. The average molecular weight is 695 g/mol. The van der Waals surface area contributed by atoms with Gasteiger partial charge in [-0.25, -0.2) is 0 Å². The Kier molecular flexibility index (Phi) is 12.9. The molecule has 2 aromatic rings. The number of hydrogen-bond donors (Lipinski definition) is 1. The summed E-state index contributed by atoms with van der Waals surface area (Å²) in [6.45, 7) is 3.94. The van der Waals surface area contributed by atoms with Gasteiger partial charge >= 0.3 is 29.6 Å². The van der Waals surface area contributed by atoms with Gasteiger partial charge in [-0.1, -0.05) is 20.3 Å². The summed E-state index contributed by atoms with van der Waals surface area (Å²) in [4.78, 5) is 48.7. The Hall–Kier alpha value is -3.61. The van der Waals surface area contributed by atoms with E-state index in [0.717, 1.165) is 85.5 Å². The summed E-state index contributed by atoms with van der Waals surface area (Å²) in [7, 11) is 0. The summed E-state index contributed by atoms with van der Waals surface area (Å²) in [5.74, 6) is -0.240. The van der Waals surface area contributed by atoms with Crippen LogP contribution in [0.4, 0.5) is 0 Å². The molecule has 2 saturated carbocycles. The van der Waals surface area contributed by atoms with Crippen LogP contribution < -0.4 is 35.3 Å². The van der Waals surface area contributed by atoms with Crippen LogP contribution in [-0.4, -0.2) is 72.2 Å². The molecule has 2 aliphatic heterocycles. The molecule has 51 heavy (non-hydrogen) atoms. The zero-order valence-corrected chi connectivity index (χ0v) is 31.0. The average Bonchev–Trinajstić information content (AvgIpc) is 3.09. The van der Waals surface area contributed by atoms with Crippen molar-refractivity contribution in [2.75, 3.05) is 26.2 Å². The molecule has 0 unspecified atom stereocenters. The quantitative estimate of drug-likeness (QED) is 0.371. The first-order chi connectivity index (χ1) is 23.3. The Balaban J connectivity index is 0.000000260. The standard InChI is InChI=1S/C19H22N4O.C19H19N3O2.CH4.B.Na.H/c20-10-14-9-15-13(12-22-14)8-17(24)16(11-21)18(15)23-6-4-19(5-7-23)2-1-3-19;20-10-16-17(24)8-13-11-21-14(12-23)9-15(13)18(16)22-6-4-19(5-7-22)2-1-3-19;;;;/h9,12H,1-8,10,20H2;9,11-12H,1-8H2;1H4;;;/q;;;;+1;-1. The maximum Gasteiger partial charge on any atom is 1.00 e. The van der Waals surface area contributed by atoms with E-state index < -0.39 is 0 Å². The zero-order chi connectivity index (χ0) is 33.5. The molecule has 0 aromatic carbocycles. The minimum atomic E-state index is -0.149. The molecule has 2 N–H and O–H groups in total. The number of ketones is 2. The molecule has 2 aromatic heterocycles. The number of fused-ring (bicyclic) bond motifs is 2. The summed E-state index contributed by atoms with van der Waals surface area (Å²) in [6.07, 6.45) is 17.0. The first-order valence-corrected chi connectivity index (χ1v) is 17.3. The van der Waals surface area contributed by atoms with Crippen LogP contribution in [0.25, 0.3) is 11.4 Å². The monoisotopic (exact) mass is 694 g/mol. The van der Waals surface area contributed by atoms with Gasteiger partial charge in [0.05, 0.1) is 17.1 Å². The number of carbonyl (C=O) groups is 3. The van der Waals surface area contributed by atoms with Gasteiger partial charge in [0.15, 0.2) is 17.9 Å². The molecule has 0 amide bonds. The van der Waals surface area contributed by atoms with Crippen LogP contribution in [-0.2, 0) is 29.0 Å².